The molecule has 0 bridgehead atoms. The highest BCUT2D eigenvalue weighted by Gasteiger charge is 2.19. The zero-order chi connectivity index (χ0) is 19.7. The predicted molar refractivity (Wildman–Crippen MR) is 107 cm³/mol. The third-order valence-corrected chi connectivity index (χ3v) is 5.44. The molecule has 0 aliphatic carbocycles. The van der Waals surface area contributed by atoms with Gasteiger partial charge < -0.3 is 0 Å². The molecule has 0 saturated carbocycles. The van der Waals surface area contributed by atoms with Crippen LogP contribution >= 0.6 is 11.8 Å². The van der Waals surface area contributed by atoms with E-state index in [2.05, 4.69) is 9.97 Å². The Balaban J connectivity index is 1.75. The van der Waals surface area contributed by atoms with Crippen LogP contribution in [0.25, 0.3) is 21.9 Å². The first-order valence-corrected chi connectivity index (χ1v) is 9.95. The Kier molecular flexibility index (Phi) is 5.13. The second-order valence-corrected chi connectivity index (χ2v) is 7.26. The van der Waals surface area contributed by atoms with Crippen molar-refractivity contribution in [1.29, 1.82) is 0 Å². The normalized spacial score (nSPS) is 11.7. The molecule has 2 aromatic carbocycles. The third kappa shape index (κ3) is 3.28. The SMILES string of the molecule is CCCn1c(SCc2nc3ccccc3n2C(F)F)nc2ccccc2c1=O. The van der Waals surface area contributed by atoms with E-state index in [0.717, 1.165) is 11.0 Å². The zero-order valence-electron chi connectivity index (χ0n) is 15.2. The van der Waals surface area contributed by atoms with Crippen molar-refractivity contribution in [2.24, 2.45) is 0 Å². The van der Waals surface area contributed by atoms with Gasteiger partial charge in [0.15, 0.2) is 5.16 Å². The lowest BCUT2D eigenvalue weighted by atomic mass is 10.2. The monoisotopic (exact) mass is 400 g/mol. The number of halogens is 2. The van der Waals surface area contributed by atoms with Gasteiger partial charge in [-0.25, -0.2) is 9.97 Å². The van der Waals surface area contributed by atoms with Crippen LogP contribution in [0.4, 0.5) is 8.78 Å². The van der Waals surface area contributed by atoms with Crippen LogP contribution < -0.4 is 5.56 Å². The molecule has 0 amide bonds. The maximum atomic E-state index is 13.6. The van der Waals surface area contributed by atoms with Gasteiger partial charge in [0.05, 0.1) is 27.7 Å². The summed E-state index contributed by atoms with van der Waals surface area (Å²) in [5, 5.41) is 1.07. The van der Waals surface area contributed by atoms with Gasteiger partial charge in [0, 0.05) is 6.54 Å². The lowest BCUT2D eigenvalue weighted by molar-refractivity contribution is 0.0722. The molecule has 0 spiro atoms. The van der Waals surface area contributed by atoms with Crippen LogP contribution in [0.5, 0.6) is 0 Å². The number of aromatic nitrogens is 4. The number of hydrogen-bond acceptors (Lipinski definition) is 4. The highest BCUT2D eigenvalue weighted by molar-refractivity contribution is 7.98. The van der Waals surface area contributed by atoms with Crippen molar-refractivity contribution in [1.82, 2.24) is 19.1 Å². The molecule has 0 saturated heterocycles. The molecule has 0 unspecified atom stereocenters. The summed E-state index contributed by atoms with van der Waals surface area (Å²) >= 11 is 1.25. The van der Waals surface area contributed by atoms with Crippen molar-refractivity contribution < 1.29 is 8.78 Å². The van der Waals surface area contributed by atoms with E-state index in [1.54, 1.807) is 47.0 Å². The van der Waals surface area contributed by atoms with Crippen LogP contribution in [-0.4, -0.2) is 19.1 Å². The topological polar surface area (TPSA) is 52.7 Å². The Labute approximate surface area is 164 Å². The molecule has 4 rings (SSSR count). The molecule has 5 nitrogen and oxygen atoms in total. The van der Waals surface area contributed by atoms with Crippen LogP contribution in [0, 0.1) is 0 Å². The number of benzene rings is 2. The maximum Gasteiger partial charge on any atom is 0.320 e. The van der Waals surface area contributed by atoms with E-state index < -0.39 is 6.55 Å². The number of hydrogen-bond donors (Lipinski definition) is 0. The van der Waals surface area contributed by atoms with Crippen molar-refractivity contribution >= 4 is 33.7 Å². The average Bonchev–Trinajstić information content (AvgIpc) is 3.07. The number of alkyl halides is 2. The molecule has 0 aliphatic rings. The van der Waals surface area contributed by atoms with Crippen molar-refractivity contribution in [3.63, 3.8) is 0 Å². The molecule has 0 atom stereocenters. The Hall–Kier alpha value is -2.74. The summed E-state index contributed by atoms with van der Waals surface area (Å²) in [4.78, 5) is 21.8. The minimum Gasteiger partial charge on any atom is -0.287 e. The predicted octanol–water partition coefficient (Wildman–Crippen LogP) is 4.84. The van der Waals surface area contributed by atoms with Crippen molar-refractivity contribution in [2.45, 2.75) is 37.3 Å². The van der Waals surface area contributed by atoms with Crippen LogP contribution in [0.3, 0.4) is 0 Å². The molecule has 0 fully saturated rings. The molecule has 2 aromatic heterocycles. The van der Waals surface area contributed by atoms with E-state index in [-0.39, 0.29) is 17.1 Å². The first-order valence-electron chi connectivity index (χ1n) is 8.96. The second-order valence-electron chi connectivity index (χ2n) is 6.32. The summed E-state index contributed by atoms with van der Waals surface area (Å²) < 4.78 is 29.8. The first-order chi connectivity index (χ1) is 13.6. The van der Waals surface area contributed by atoms with E-state index in [9.17, 15) is 13.6 Å². The third-order valence-electron chi connectivity index (χ3n) is 4.47. The molecule has 2 heterocycles. The van der Waals surface area contributed by atoms with Gasteiger partial charge >= 0.3 is 6.55 Å². The minimum absolute atomic E-state index is 0.114. The minimum atomic E-state index is -2.69. The summed E-state index contributed by atoms with van der Waals surface area (Å²) in [5.74, 6) is 0.444. The number of nitrogens with zero attached hydrogens (tertiary/aromatic N) is 4. The molecule has 0 N–H and O–H groups in total. The van der Waals surface area contributed by atoms with Gasteiger partial charge in [0.1, 0.15) is 5.82 Å². The Morgan fingerprint density at radius 1 is 1.04 bits per heavy atom. The van der Waals surface area contributed by atoms with Gasteiger partial charge in [-0.3, -0.25) is 13.9 Å². The fraction of sp³-hybridized carbons (Fsp3) is 0.250. The van der Waals surface area contributed by atoms with Crippen LogP contribution in [0.1, 0.15) is 25.7 Å². The molecule has 8 heteroatoms. The van der Waals surface area contributed by atoms with Crippen LogP contribution in [0.2, 0.25) is 0 Å². The van der Waals surface area contributed by atoms with E-state index in [1.165, 1.54) is 11.8 Å². The fourth-order valence-electron chi connectivity index (χ4n) is 3.22. The number of imidazole rings is 1. The number of para-hydroxylation sites is 3. The summed E-state index contributed by atoms with van der Waals surface area (Å²) in [7, 11) is 0. The highest BCUT2D eigenvalue weighted by Crippen LogP contribution is 2.28. The van der Waals surface area contributed by atoms with Crippen LogP contribution in [0.15, 0.2) is 58.5 Å². The van der Waals surface area contributed by atoms with E-state index in [4.69, 9.17) is 0 Å². The Bertz CT molecular complexity index is 1200. The second kappa shape index (κ2) is 7.71. The van der Waals surface area contributed by atoms with Gasteiger partial charge in [0.2, 0.25) is 0 Å². The zero-order valence-corrected chi connectivity index (χ0v) is 16.0. The smallest absolute Gasteiger partial charge is 0.287 e. The average molecular weight is 400 g/mol. The van der Waals surface area contributed by atoms with Crippen molar-refractivity contribution in [2.75, 3.05) is 0 Å². The highest BCUT2D eigenvalue weighted by atomic mass is 32.2. The number of rotatable bonds is 6. The molecular formula is C20H18F2N4OS. The summed E-state index contributed by atoms with van der Waals surface area (Å²) in [6, 6.07) is 14.0. The molecule has 0 radical (unpaired) electrons. The van der Waals surface area contributed by atoms with Crippen molar-refractivity contribution in [3.8, 4) is 0 Å². The summed E-state index contributed by atoms with van der Waals surface area (Å²) in [6.45, 7) is -0.193. The maximum absolute atomic E-state index is 13.6. The molecule has 144 valence electrons. The molecule has 28 heavy (non-hydrogen) atoms. The van der Waals surface area contributed by atoms with E-state index >= 15 is 0 Å². The Morgan fingerprint density at radius 3 is 2.50 bits per heavy atom. The largest absolute Gasteiger partial charge is 0.320 e. The van der Waals surface area contributed by atoms with Gasteiger partial charge in [-0.05, 0) is 30.7 Å². The van der Waals surface area contributed by atoms with Crippen LogP contribution in [-0.2, 0) is 12.3 Å². The van der Waals surface area contributed by atoms with E-state index in [0.29, 0.717) is 33.6 Å². The summed E-state index contributed by atoms with van der Waals surface area (Å²) in [6.07, 6.45) is 0.767. The lowest BCUT2D eigenvalue weighted by Crippen LogP contribution is -2.23. The molecule has 0 aliphatic heterocycles. The molecule has 4 aromatic rings. The van der Waals surface area contributed by atoms with Gasteiger partial charge in [-0.2, -0.15) is 8.78 Å². The standard InChI is InChI=1S/C20H18F2N4OS/c1-2-11-25-18(27)13-7-3-4-8-14(13)24-20(25)28-12-17-23-15-9-5-6-10-16(15)26(17)19(21)22/h3-10,19H,2,11-12H2,1H3. The number of thioether (sulfide) groups is 1. The summed E-state index contributed by atoms with van der Waals surface area (Å²) in [5.41, 5.74) is 1.41. The Morgan fingerprint density at radius 2 is 1.75 bits per heavy atom. The van der Waals surface area contributed by atoms with Gasteiger partial charge in [0.25, 0.3) is 5.56 Å². The first kappa shape index (κ1) is 18.6. The van der Waals surface area contributed by atoms with Gasteiger partial charge in [-0.15, -0.1) is 0 Å². The van der Waals surface area contributed by atoms with Gasteiger partial charge in [-0.1, -0.05) is 43.0 Å². The van der Waals surface area contributed by atoms with E-state index in [1.807, 2.05) is 13.0 Å². The molecular weight excluding hydrogens is 382 g/mol. The lowest BCUT2D eigenvalue weighted by Gasteiger charge is -2.12. The van der Waals surface area contributed by atoms with Crippen molar-refractivity contribution in [3.05, 3.63) is 64.7 Å². The quantitative estimate of drug-likeness (QED) is 0.343. The number of fused-ring (bicyclic) bond motifs is 2. The fourth-order valence-corrected chi connectivity index (χ4v) is 4.18.